The van der Waals surface area contributed by atoms with Crippen LogP contribution in [0.5, 0.6) is 0 Å². The van der Waals surface area contributed by atoms with Gasteiger partial charge in [0.05, 0.1) is 12.7 Å². The molecule has 0 fully saturated rings. The van der Waals surface area contributed by atoms with E-state index < -0.39 is 23.7 Å². The normalized spacial score (nSPS) is 13.8. The molecule has 1 atom stereocenters. The van der Waals surface area contributed by atoms with Gasteiger partial charge in [0.25, 0.3) is 0 Å². The Labute approximate surface area is 178 Å². The molecule has 1 unspecified atom stereocenters. The van der Waals surface area contributed by atoms with Crippen LogP contribution < -0.4 is 10.6 Å². The third-order valence-corrected chi connectivity index (χ3v) is 10.3. The van der Waals surface area contributed by atoms with Crippen LogP contribution in [0.15, 0.2) is 0 Å². The number of nitrogens with one attached hydrogen (secondary N) is 2. The second-order valence-electron chi connectivity index (χ2n) is 6.48. The van der Waals surface area contributed by atoms with Crippen LogP contribution in [0, 0.1) is 0 Å². The van der Waals surface area contributed by atoms with Crippen molar-refractivity contribution in [2.24, 2.45) is 0 Å². The molecule has 0 heterocycles. The number of hydrogen-bond acceptors (Lipinski definition) is 10. The quantitative estimate of drug-likeness (QED) is 0.162. The van der Waals surface area contributed by atoms with Gasteiger partial charge in [-0.25, -0.2) is 0 Å². The van der Waals surface area contributed by atoms with Crippen molar-refractivity contribution in [3.63, 3.8) is 0 Å². The minimum atomic E-state index is -2.53. The smallest absolute Gasteiger partial charge is 0.389 e. The Kier molecular flexibility index (Phi) is 17.7. The third kappa shape index (κ3) is 12.5. The molecule has 10 nitrogen and oxygen atoms in total. The molecule has 0 saturated carbocycles. The van der Waals surface area contributed by atoms with Gasteiger partial charge >= 0.3 is 17.6 Å². The predicted octanol–water partition coefficient (Wildman–Crippen LogP) is 0.0795. The van der Waals surface area contributed by atoms with Crippen molar-refractivity contribution in [3.05, 3.63) is 0 Å². The maximum Gasteiger partial charge on any atom is 0.500 e. The molecule has 0 saturated heterocycles. The summed E-state index contributed by atoms with van der Waals surface area (Å²) in [6.45, 7) is 3.74. The van der Waals surface area contributed by atoms with Gasteiger partial charge in [0.1, 0.15) is 0 Å². The van der Waals surface area contributed by atoms with Crippen LogP contribution in [0.2, 0.25) is 12.1 Å². The first-order chi connectivity index (χ1) is 14.0. The molecule has 176 valence electrons. The summed E-state index contributed by atoms with van der Waals surface area (Å²) in [5, 5.41) is 16.5. The lowest BCUT2D eigenvalue weighted by atomic mass is 10.3. The summed E-state index contributed by atoms with van der Waals surface area (Å²) in [5.74, 6) is 0. The van der Waals surface area contributed by atoms with Crippen LogP contribution in [0.1, 0.15) is 12.8 Å². The summed E-state index contributed by atoms with van der Waals surface area (Å²) in [6, 6.07) is 1.45. The van der Waals surface area contributed by atoms with E-state index in [0.29, 0.717) is 25.8 Å². The SMILES string of the molecule is CO[Si](CCCNCCNCC(O)COCCC[Si](OC)(OC)OC)(OC)OC. The first-order valence-corrected chi connectivity index (χ1v) is 13.8. The maximum absolute atomic E-state index is 9.95. The van der Waals surface area contributed by atoms with Gasteiger partial charge in [0, 0.05) is 81.0 Å². The molecule has 0 aliphatic heterocycles. The van der Waals surface area contributed by atoms with Crippen molar-refractivity contribution < 1.29 is 36.4 Å². The Hall–Kier alpha value is 0.0338. The summed E-state index contributed by atoms with van der Waals surface area (Å²) >= 11 is 0. The molecule has 12 heteroatoms. The van der Waals surface area contributed by atoms with E-state index in [1.807, 2.05) is 0 Å². The molecule has 0 aliphatic rings. The summed E-state index contributed by atoms with van der Waals surface area (Å²) in [6.07, 6.45) is 1.13. The Bertz CT molecular complexity index is 361. The molecule has 0 aromatic carbocycles. The highest BCUT2D eigenvalue weighted by atomic mass is 28.4. The summed E-state index contributed by atoms with van der Waals surface area (Å²) < 4.78 is 37.7. The van der Waals surface area contributed by atoms with Gasteiger partial charge in [0.2, 0.25) is 0 Å². The van der Waals surface area contributed by atoms with E-state index in [1.165, 1.54) is 0 Å². The van der Waals surface area contributed by atoms with Crippen LogP contribution in [-0.2, 0) is 31.3 Å². The standard InChI is InChI=1S/C17H42N2O8Si2/c1-21-28(22-2,23-3)13-7-9-18-10-11-19-15-17(20)16-27-12-8-14-29(24-4,25-5)26-6/h17-20H,7-16H2,1-6H3. The van der Waals surface area contributed by atoms with E-state index >= 15 is 0 Å². The summed E-state index contributed by atoms with van der Waals surface area (Å²) in [7, 11) is 4.66. The number of aliphatic hydroxyl groups excluding tert-OH is 1. The molecule has 0 aromatic heterocycles. The minimum absolute atomic E-state index is 0.291. The molecule has 0 aromatic rings. The fourth-order valence-electron chi connectivity index (χ4n) is 2.78. The van der Waals surface area contributed by atoms with Gasteiger partial charge in [-0.15, -0.1) is 0 Å². The molecular formula is C17H42N2O8Si2. The Morgan fingerprint density at radius 3 is 1.69 bits per heavy atom. The maximum atomic E-state index is 9.95. The van der Waals surface area contributed by atoms with Gasteiger partial charge in [-0.05, 0) is 19.4 Å². The summed E-state index contributed by atoms with van der Waals surface area (Å²) in [5.41, 5.74) is 0. The molecule has 0 amide bonds. The highest BCUT2D eigenvalue weighted by molar-refractivity contribution is 6.60. The fraction of sp³-hybridized carbons (Fsp3) is 1.00. The Morgan fingerprint density at radius 1 is 0.690 bits per heavy atom. The molecule has 0 spiro atoms. The first kappa shape index (κ1) is 29.0. The van der Waals surface area contributed by atoms with Gasteiger partial charge in [0.15, 0.2) is 0 Å². The Balaban J connectivity index is 3.60. The fourth-order valence-corrected chi connectivity index (χ4v) is 6.19. The molecule has 0 rings (SSSR count). The second-order valence-corrected chi connectivity index (χ2v) is 12.7. The zero-order valence-electron chi connectivity index (χ0n) is 19.0. The van der Waals surface area contributed by atoms with Crippen molar-refractivity contribution in [2.45, 2.75) is 31.0 Å². The van der Waals surface area contributed by atoms with Crippen molar-refractivity contribution in [3.8, 4) is 0 Å². The first-order valence-electron chi connectivity index (χ1n) is 9.95. The van der Waals surface area contributed by atoms with E-state index in [4.69, 9.17) is 31.3 Å². The van der Waals surface area contributed by atoms with Gasteiger partial charge in [-0.1, -0.05) is 0 Å². The lowest BCUT2D eigenvalue weighted by molar-refractivity contribution is 0.0353. The zero-order chi connectivity index (χ0) is 22.0. The van der Waals surface area contributed by atoms with Crippen molar-refractivity contribution in [1.29, 1.82) is 0 Å². The molecule has 0 bridgehead atoms. The highest BCUT2D eigenvalue weighted by Crippen LogP contribution is 2.15. The van der Waals surface area contributed by atoms with Crippen molar-refractivity contribution >= 4 is 17.6 Å². The van der Waals surface area contributed by atoms with E-state index in [-0.39, 0.29) is 0 Å². The summed E-state index contributed by atoms with van der Waals surface area (Å²) in [4.78, 5) is 0. The van der Waals surface area contributed by atoms with Crippen LogP contribution in [0.3, 0.4) is 0 Å². The number of ether oxygens (including phenoxy) is 1. The topological polar surface area (TPSA) is 109 Å². The van der Waals surface area contributed by atoms with Crippen molar-refractivity contribution in [1.82, 2.24) is 10.6 Å². The van der Waals surface area contributed by atoms with E-state index in [0.717, 1.165) is 38.5 Å². The van der Waals surface area contributed by atoms with E-state index in [1.54, 1.807) is 42.7 Å². The molecule has 0 radical (unpaired) electrons. The number of aliphatic hydroxyl groups is 1. The average Bonchev–Trinajstić information content (AvgIpc) is 2.76. The minimum Gasteiger partial charge on any atom is -0.389 e. The largest absolute Gasteiger partial charge is 0.500 e. The predicted molar refractivity (Wildman–Crippen MR) is 115 cm³/mol. The second kappa shape index (κ2) is 17.7. The number of hydrogen-bond donors (Lipinski definition) is 3. The van der Waals surface area contributed by atoms with E-state index in [9.17, 15) is 5.11 Å². The Morgan fingerprint density at radius 2 is 1.17 bits per heavy atom. The van der Waals surface area contributed by atoms with Crippen LogP contribution in [0.4, 0.5) is 0 Å². The van der Waals surface area contributed by atoms with Gasteiger partial charge in [-0.3, -0.25) is 0 Å². The lowest BCUT2D eigenvalue weighted by Gasteiger charge is -2.24. The number of rotatable bonds is 21. The molecular weight excluding hydrogens is 416 g/mol. The lowest BCUT2D eigenvalue weighted by Crippen LogP contribution is -2.43. The van der Waals surface area contributed by atoms with Crippen LogP contribution in [0.25, 0.3) is 0 Å². The van der Waals surface area contributed by atoms with Gasteiger partial charge in [-0.2, -0.15) is 0 Å². The van der Waals surface area contributed by atoms with E-state index in [2.05, 4.69) is 10.6 Å². The third-order valence-electron chi connectivity index (χ3n) is 4.64. The molecule has 0 aliphatic carbocycles. The van der Waals surface area contributed by atoms with Crippen molar-refractivity contribution in [2.75, 3.05) is 82.1 Å². The van der Waals surface area contributed by atoms with Gasteiger partial charge < -0.3 is 47.0 Å². The van der Waals surface area contributed by atoms with Crippen LogP contribution >= 0.6 is 0 Å². The zero-order valence-corrected chi connectivity index (χ0v) is 21.0. The van der Waals surface area contributed by atoms with Crippen LogP contribution in [-0.4, -0.2) is 111 Å². The molecule has 29 heavy (non-hydrogen) atoms. The molecule has 3 N–H and O–H groups in total. The average molecular weight is 459 g/mol. The highest BCUT2D eigenvalue weighted by Gasteiger charge is 2.37. The monoisotopic (exact) mass is 458 g/mol.